The highest BCUT2D eigenvalue weighted by Gasteiger charge is 2.03. The van der Waals surface area contributed by atoms with Crippen LogP contribution >= 0.6 is 0 Å². The van der Waals surface area contributed by atoms with Gasteiger partial charge in [-0.25, -0.2) is 0 Å². The number of aryl methyl sites for hydroxylation is 1. The van der Waals surface area contributed by atoms with Gasteiger partial charge in [0.1, 0.15) is 0 Å². The maximum absolute atomic E-state index is 3.23. The lowest BCUT2D eigenvalue weighted by molar-refractivity contribution is 0.822. The zero-order chi connectivity index (χ0) is 11.4. The van der Waals surface area contributed by atoms with Gasteiger partial charge < -0.3 is 5.32 Å². The largest absolute Gasteiger partial charge is 0.316 e. The highest BCUT2D eigenvalue weighted by Crippen LogP contribution is 2.23. The monoisotopic (exact) mass is 213 g/mol. The molecule has 0 aliphatic carbocycles. The molecule has 0 unspecified atom stereocenters. The molecule has 84 valence electrons. The van der Waals surface area contributed by atoms with Crippen LogP contribution in [0.5, 0.6) is 0 Å². The number of hydrogen-bond acceptors (Lipinski definition) is 1. The third-order valence-electron chi connectivity index (χ3n) is 2.99. The van der Waals surface area contributed by atoms with Crippen molar-refractivity contribution >= 4 is 10.8 Å². The number of rotatable bonds is 4. The Hall–Kier alpha value is -1.34. The van der Waals surface area contributed by atoms with Gasteiger partial charge in [0.25, 0.3) is 0 Å². The van der Waals surface area contributed by atoms with E-state index in [0.717, 1.165) is 6.54 Å². The van der Waals surface area contributed by atoms with Crippen molar-refractivity contribution in [3.63, 3.8) is 0 Å². The van der Waals surface area contributed by atoms with Crippen LogP contribution in [0.25, 0.3) is 10.8 Å². The summed E-state index contributed by atoms with van der Waals surface area (Å²) in [5.41, 5.74) is 2.86. The molecule has 0 fully saturated rings. The topological polar surface area (TPSA) is 12.0 Å². The Balaban J connectivity index is 2.57. The molecule has 0 aliphatic heterocycles. The molecule has 2 rings (SSSR count). The summed E-state index contributed by atoms with van der Waals surface area (Å²) < 4.78 is 0. The Labute approximate surface area is 97.5 Å². The standard InChI is InChI=1S/C15H19N/c1-3-6-12-9-10-13(11-16-2)15-8-5-4-7-14(12)15/h4-5,7-10,16H,3,6,11H2,1-2H3. The van der Waals surface area contributed by atoms with E-state index in [1.165, 1.54) is 34.7 Å². The highest BCUT2D eigenvalue weighted by atomic mass is 14.8. The van der Waals surface area contributed by atoms with Crippen molar-refractivity contribution in [1.29, 1.82) is 0 Å². The molecule has 0 radical (unpaired) electrons. The number of fused-ring (bicyclic) bond motifs is 1. The van der Waals surface area contributed by atoms with Crippen LogP contribution in [0.15, 0.2) is 36.4 Å². The molecule has 0 saturated heterocycles. The third-order valence-corrected chi connectivity index (χ3v) is 2.99. The summed E-state index contributed by atoms with van der Waals surface area (Å²) in [4.78, 5) is 0. The molecule has 0 aromatic heterocycles. The van der Waals surface area contributed by atoms with Crippen LogP contribution in [0.3, 0.4) is 0 Å². The maximum atomic E-state index is 3.23. The minimum Gasteiger partial charge on any atom is -0.316 e. The SMILES string of the molecule is CCCc1ccc(CNC)c2ccccc12. The average molecular weight is 213 g/mol. The van der Waals surface area contributed by atoms with E-state index in [2.05, 4.69) is 48.6 Å². The van der Waals surface area contributed by atoms with E-state index < -0.39 is 0 Å². The van der Waals surface area contributed by atoms with Gasteiger partial charge in [-0.15, -0.1) is 0 Å². The van der Waals surface area contributed by atoms with Gasteiger partial charge in [-0.1, -0.05) is 49.7 Å². The Kier molecular flexibility index (Phi) is 3.58. The van der Waals surface area contributed by atoms with Crippen molar-refractivity contribution in [2.75, 3.05) is 7.05 Å². The minimum atomic E-state index is 0.937. The van der Waals surface area contributed by atoms with Crippen LogP contribution in [-0.4, -0.2) is 7.05 Å². The summed E-state index contributed by atoms with van der Waals surface area (Å²) in [6.45, 7) is 3.17. The highest BCUT2D eigenvalue weighted by molar-refractivity contribution is 5.88. The van der Waals surface area contributed by atoms with Crippen molar-refractivity contribution in [3.8, 4) is 0 Å². The molecule has 2 aromatic rings. The molecule has 1 heteroatoms. The fourth-order valence-electron chi connectivity index (χ4n) is 2.26. The van der Waals surface area contributed by atoms with Crippen LogP contribution in [0.2, 0.25) is 0 Å². The fraction of sp³-hybridized carbons (Fsp3) is 0.333. The van der Waals surface area contributed by atoms with E-state index in [9.17, 15) is 0 Å². The first-order valence-electron chi connectivity index (χ1n) is 6.01. The van der Waals surface area contributed by atoms with Crippen molar-refractivity contribution in [3.05, 3.63) is 47.5 Å². The molecule has 0 saturated carbocycles. The Morgan fingerprint density at radius 1 is 0.938 bits per heavy atom. The van der Waals surface area contributed by atoms with Crippen LogP contribution in [-0.2, 0) is 13.0 Å². The molecule has 1 nitrogen and oxygen atoms in total. The molecule has 0 aliphatic rings. The Morgan fingerprint density at radius 2 is 1.56 bits per heavy atom. The molecule has 0 heterocycles. The van der Waals surface area contributed by atoms with Gasteiger partial charge in [0.15, 0.2) is 0 Å². The lowest BCUT2D eigenvalue weighted by atomic mass is 9.97. The normalized spacial score (nSPS) is 10.9. The van der Waals surface area contributed by atoms with Gasteiger partial charge in [-0.05, 0) is 35.4 Å². The van der Waals surface area contributed by atoms with E-state index in [1.807, 2.05) is 7.05 Å². The van der Waals surface area contributed by atoms with E-state index in [4.69, 9.17) is 0 Å². The molecule has 0 amide bonds. The number of benzene rings is 2. The summed E-state index contributed by atoms with van der Waals surface area (Å²) in [6.07, 6.45) is 2.37. The summed E-state index contributed by atoms with van der Waals surface area (Å²) in [6, 6.07) is 13.2. The molecular weight excluding hydrogens is 194 g/mol. The van der Waals surface area contributed by atoms with E-state index in [-0.39, 0.29) is 0 Å². The first-order valence-corrected chi connectivity index (χ1v) is 6.01. The molecule has 0 spiro atoms. The third kappa shape index (κ3) is 2.10. The summed E-state index contributed by atoms with van der Waals surface area (Å²) in [5, 5.41) is 6.03. The van der Waals surface area contributed by atoms with Gasteiger partial charge in [-0.3, -0.25) is 0 Å². The molecule has 2 aromatic carbocycles. The van der Waals surface area contributed by atoms with Gasteiger partial charge in [-0.2, -0.15) is 0 Å². The Bertz CT molecular complexity index is 429. The predicted molar refractivity (Wildman–Crippen MR) is 70.7 cm³/mol. The van der Waals surface area contributed by atoms with Gasteiger partial charge >= 0.3 is 0 Å². The lowest BCUT2D eigenvalue weighted by Crippen LogP contribution is -2.05. The average Bonchev–Trinajstić information content (AvgIpc) is 2.33. The lowest BCUT2D eigenvalue weighted by Gasteiger charge is -2.10. The van der Waals surface area contributed by atoms with Crippen molar-refractivity contribution < 1.29 is 0 Å². The molecule has 0 atom stereocenters. The smallest absolute Gasteiger partial charge is 0.0208 e. The molecular formula is C15H19N. The Morgan fingerprint density at radius 3 is 2.19 bits per heavy atom. The zero-order valence-corrected chi connectivity index (χ0v) is 10.1. The fourth-order valence-corrected chi connectivity index (χ4v) is 2.26. The number of nitrogens with one attached hydrogen (secondary N) is 1. The molecule has 1 N–H and O–H groups in total. The van der Waals surface area contributed by atoms with Gasteiger partial charge in [0, 0.05) is 6.54 Å². The maximum Gasteiger partial charge on any atom is 0.0208 e. The summed E-state index contributed by atoms with van der Waals surface area (Å²) >= 11 is 0. The second-order valence-electron chi connectivity index (χ2n) is 4.21. The second-order valence-corrected chi connectivity index (χ2v) is 4.21. The first-order chi connectivity index (χ1) is 7.86. The van der Waals surface area contributed by atoms with E-state index in [0.29, 0.717) is 0 Å². The van der Waals surface area contributed by atoms with E-state index in [1.54, 1.807) is 0 Å². The summed E-state index contributed by atoms with van der Waals surface area (Å²) in [7, 11) is 1.99. The first kappa shape index (κ1) is 11.2. The predicted octanol–water partition coefficient (Wildman–Crippen LogP) is 3.51. The van der Waals surface area contributed by atoms with Crippen LogP contribution in [0.4, 0.5) is 0 Å². The molecule has 0 bridgehead atoms. The number of hydrogen-bond donors (Lipinski definition) is 1. The van der Waals surface area contributed by atoms with Crippen LogP contribution in [0.1, 0.15) is 24.5 Å². The van der Waals surface area contributed by atoms with Gasteiger partial charge in [0.05, 0.1) is 0 Å². The quantitative estimate of drug-likeness (QED) is 0.819. The van der Waals surface area contributed by atoms with Crippen molar-refractivity contribution in [1.82, 2.24) is 5.32 Å². The zero-order valence-electron chi connectivity index (χ0n) is 10.1. The molecule has 16 heavy (non-hydrogen) atoms. The second kappa shape index (κ2) is 5.13. The van der Waals surface area contributed by atoms with Crippen molar-refractivity contribution in [2.45, 2.75) is 26.3 Å². The van der Waals surface area contributed by atoms with Crippen LogP contribution in [0, 0.1) is 0 Å². The summed E-state index contributed by atoms with van der Waals surface area (Å²) in [5.74, 6) is 0. The minimum absolute atomic E-state index is 0.937. The van der Waals surface area contributed by atoms with Gasteiger partial charge in [0.2, 0.25) is 0 Å². The van der Waals surface area contributed by atoms with E-state index >= 15 is 0 Å². The van der Waals surface area contributed by atoms with Crippen LogP contribution < -0.4 is 5.32 Å². The van der Waals surface area contributed by atoms with Crippen molar-refractivity contribution in [2.24, 2.45) is 0 Å².